The summed E-state index contributed by atoms with van der Waals surface area (Å²) in [6.07, 6.45) is 1.34. The van der Waals surface area contributed by atoms with Crippen LogP contribution in [0.4, 0.5) is 0 Å². The van der Waals surface area contributed by atoms with Crippen LogP contribution in [0, 0.1) is 0 Å². The standard InChI is InChI=1S/C9H7NO2/c11-7-10-6-9(12)8-4-2-1-3-5-8/h1-7H. The van der Waals surface area contributed by atoms with Crippen molar-refractivity contribution in [3.8, 4) is 0 Å². The predicted molar refractivity (Wildman–Crippen MR) is 45.3 cm³/mol. The van der Waals surface area contributed by atoms with Gasteiger partial charge in [-0.05, 0) is 0 Å². The fourth-order valence-corrected chi connectivity index (χ4v) is 0.775. The molecule has 3 nitrogen and oxygen atoms in total. The quantitative estimate of drug-likeness (QED) is 0.378. The molecule has 0 unspecified atom stereocenters. The van der Waals surface area contributed by atoms with Crippen LogP contribution >= 0.6 is 0 Å². The number of benzene rings is 1. The average molecular weight is 161 g/mol. The highest BCUT2D eigenvalue weighted by atomic mass is 16.1. The first-order valence-electron chi connectivity index (χ1n) is 3.41. The van der Waals surface area contributed by atoms with Crippen molar-refractivity contribution in [2.24, 2.45) is 4.99 Å². The van der Waals surface area contributed by atoms with E-state index in [9.17, 15) is 9.59 Å². The van der Waals surface area contributed by atoms with E-state index in [1.165, 1.54) is 0 Å². The van der Waals surface area contributed by atoms with E-state index in [-0.39, 0.29) is 5.78 Å². The van der Waals surface area contributed by atoms with E-state index in [2.05, 4.69) is 4.99 Å². The molecule has 0 aromatic heterocycles. The summed E-state index contributed by atoms with van der Waals surface area (Å²) in [7, 11) is 0. The highest BCUT2D eigenvalue weighted by molar-refractivity contribution is 6.36. The minimum Gasteiger partial charge on any atom is -0.288 e. The van der Waals surface area contributed by atoms with Gasteiger partial charge in [0.2, 0.25) is 12.2 Å². The van der Waals surface area contributed by atoms with Crippen LogP contribution in [-0.2, 0) is 4.79 Å². The van der Waals surface area contributed by atoms with Gasteiger partial charge in [0, 0.05) is 5.56 Å². The minimum atomic E-state index is -0.261. The Hall–Kier alpha value is -1.77. The third-order valence-electron chi connectivity index (χ3n) is 1.31. The third-order valence-corrected chi connectivity index (χ3v) is 1.31. The number of hydrogen-bond donors (Lipinski definition) is 0. The predicted octanol–water partition coefficient (Wildman–Crippen LogP) is 1.10. The molecule has 0 N–H and O–H groups in total. The van der Waals surface area contributed by atoms with Gasteiger partial charge in [-0.15, -0.1) is 0 Å². The molecular formula is C9H7NO2. The second-order valence-corrected chi connectivity index (χ2v) is 2.11. The number of carbonyl (C=O) groups is 2. The molecule has 0 saturated heterocycles. The lowest BCUT2D eigenvalue weighted by molar-refractivity contribution is -0.106. The summed E-state index contributed by atoms with van der Waals surface area (Å²) in [5.41, 5.74) is 0.531. The fraction of sp³-hybridized carbons (Fsp3) is 0. The van der Waals surface area contributed by atoms with Gasteiger partial charge in [-0.2, -0.15) is 0 Å². The molecule has 0 radical (unpaired) electrons. The summed E-state index contributed by atoms with van der Waals surface area (Å²) in [5.74, 6) is -0.261. The SMILES string of the molecule is O=CN=CC(=O)c1ccccc1. The normalized spacial score (nSPS) is 10.0. The highest BCUT2D eigenvalue weighted by Gasteiger charge is 1.98. The zero-order valence-electron chi connectivity index (χ0n) is 6.31. The first kappa shape index (κ1) is 8.33. The van der Waals surface area contributed by atoms with Crippen molar-refractivity contribution < 1.29 is 9.59 Å². The van der Waals surface area contributed by atoms with E-state index in [1.807, 2.05) is 6.07 Å². The number of hydrogen-bond acceptors (Lipinski definition) is 2. The smallest absolute Gasteiger partial charge is 0.232 e. The van der Waals surface area contributed by atoms with Crippen LogP contribution in [0.5, 0.6) is 0 Å². The van der Waals surface area contributed by atoms with Gasteiger partial charge >= 0.3 is 0 Å². The summed E-state index contributed by atoms with van der Waals surface area (Å²) < 4.78 is 0. The monoisotopic (exact) mass is 161 g/mol. The molecule has 0 heterocycles. The molecule has 1 aromatic carbocycles. The molecule has 0 bridgehead atoms. The van der Waals surface area contributed by atoms with Gasteiger partial charge in [0.25, 0.3) is 0 Å². The average Bonchev–Trinajstić information content (AvgIpc) is 2.15. The van der Waals surface area contributed by atoms with Crippen LogP contribution in [-0.4, -0.2) is 18.4 Å². The van der Waals surface area contributed by atoms with E-state index in [0.29, 0.717) is 12.0 Å². The summed E-state index contributed by atoms with van der Waals surface area (Å²) in [4.78, 5) is 24.1. The van der Waals surface area contributed by atoms with Gasteiger partial charge in [-0.1, -0.05) is 30.3 Å². The first-order chi connectivity index (χ1) is 5.84. The van der Waals surface area contributed by atoms with E-state index in [4.69, 9.17) is 0 Å². The molecule has 60 valence electrons. The number of aliphatic imine (C=N–C) groups is 1. The molecule has 1 rings (SSSR count). The van der Waals surface area contributed by atoms with Crippen molar-refractivity contribution in [3.63, 3.8) is 0 Å². The van der Waals surface area contributed by atoms with Crippen molar-refractivity contribution in [2.75, 3.05) is 0 Å². The Morgan fingerprint density at radius 2 is 1.92 bits per heavy atom. The van der Waals surface area contributed by atoms with Crippen LogP contribution < -0.4 is 0 Å². The molecule has 0 atom stereocenters. The van der Waals surface area contributed by atoms with Crippen molar-refractivity contribution >= 4 is 18.4 Å². The Morgan fingerprint density at radius 3 is 2.50 bits per heavy atom. The maximum atomic E-state index is 11.1. The maximum Gasteiger partial charge on any atom is 0.232 e. The molecule has 0 spiro atoms. The van der Waals surface area contributed by atoms with Crippen molar-refractivity contribution in [1.82, 2.24) is 0 Å². The van der Waals surface area contributed by atoms with Crippen LogP contribution in [0.15, 0.2) is 35.3 Å². The number of carbonyl (C=O) groups excluding carboxylic acids is 2. The number of ketones is 1. The zero-order valence-corrected chi connectivity index (χ0v) is 6.31. The Bertz CT molecular complexity index is 304. The van der Waals surface area contributed by atoms with Crippen molar-refractivity contribution in [3.05, 3.63) is 35.9 Å². The van der Waals surface area contributed by atoms with Gasteiger partial charge in [0.05, 0.1) is 6.21 Å². The third kappa shape index (κ3) is 2.12. The number of nitrogens with zero attached hydrogens (tertiary/aromatic N) is 1. The summed E-state index contributed by atoms with van der Waals surface area (Å²) >= 11 is 0. The van der Waals surface area contributed by atoms with Crippen LogP contribution in [0.1, 0.15) is 10.4 Å². The van der Waals surface area contributed by atoms with E-state index in [1.54, 1.807) is 24.3 Å². The van der Waals surface area contributed by atoms with Crippen LogP contribution in [0.3, 0.4) is 0 Å². The second-order valence-electron chi connectivity index (χ2n) is 2.11. The fourth-order valence-electron chi connectivity index (χ4n) is 0.775. The lowest BCUT2D eigenvalue weighted by atomic mass is 10.1. The summed E-state index contributed by atoms with van der Waals surface area (Å²) in [6, 6.07) is 8.65. The van der Waals surface area contributed by atoms with Crippen LogP contribution in [0.25, 0.3) is 0 Å². The molecule has 3 heteroatoms. The van der Waals surface area contributed by atoms with Gasteiger partial charge in [-0.3, -0.25) is 9.59 Å². The zero-order chi connectivity index (χ0) is 8.81. The van der Waals surface area contributed by atoms with Gasteiger partial charge in [0.1, 0.15) is 0 Å². The summed E-state index contributed by atoms with van der Waals surface area (Å²) in [5, 5.41) is 0. The van der Waals surface area contributed by atoms with E-state index < -0.39 is 0 Å². The maximum absolute atomic E-state index is 11.1. The number of rotatable bonds is 3. The Morgan fingerprint density at radius 1 is 1.25 bits per heavy atom. The topological polar surface area (TPSA) is 46.5 Å². The molecule has 0 aliphatic rings. The van der Waals surface area contributed by atoms with Gasteiger partial charge < -0.3 is 0 Å². The number of Topliss-reactive ketones (excluding diaryl/α,β-unsaturated/α-hetero) is 1. The Kier molecular flexibility index (Phi) is 2.90. The second kappa shape index (κ2) is 4.18. The molecule has 1 aromatic rings. The van der Waals surface area contributed by atoms with E-state index >= 15 is 0 Å². The molecule has 1 amide bonds. The van der Waals surface area contributed by atoms with Gasteiger partial charge in [0.15, 0.2) is 0 Å². The molecular weight excluding hydrogens is 154 g/mol. The Balaban J connectivity index is 2.79. The molecule has 0 fully saturated rings. The highest BCUT2D eigenvalue weighted by Crippen LogP contribution is 1.97. The molecule has 12 heavy (non-hydrogen) atoms. The largest absolute Gasteiger partial charge is 0.288 e. The number of amides is 1. The summed E-state index contributed by atoms with van der Waals surface area (Å²) in [6.45, 7) is 0. The molecule has 0 aliphatic heterocycles. The molecule has 0 aliphatic carbocycles. The van der Waals surface area contributed by atoms with E-state index in [0.717, 1.165) is 6.21 Å². The van der Waals surface area contributed by atoms with Gasteiger partial charge in [-0.25, -0.2) is 4.99 Å². The lowest BCUT2D eigenvalue weighted by Crippen LogP contribution is -1.99. The minimum absolute atomic E-state index is 0.261. The lowest BCUT2D eigenvalue weighted by Gasteiger charge is -1.90. The molecule has 0 saturated carbocycles. The van der Waals surface area contributed by atoms with Crippen LogP contribution in [0.2, 0.25) is 0 Å². The first-order valence-corrected chi connectivity index (χ1v) is 3.41. The Labute approximate surface area is 69.7 Å². The van der Waals surface area contributed by atoms with Crippen molar-refractivity contribution in [2.45, 2.75) is 0 Å². The van der Waals surface area contributed by atoms with Crippen molar-refractivity contribution in [1.29, 1.82) is 0 Å².